The molecule has 0 bridgehead atoms. The number of ether oxygens (including phenoxy) is 1. The molecule has 0 unspecified atom stereocenters. The molecule has 178 valence electrons. The van der Waals surface area contributed by atoms with Crippen LogP contribution >= 0.6 is 0 Å². The van der Waals surface area contributed by atoms with Gasteiger partial charge in [-0.25, -0.2) is 8.78 Å². The molecule has 1 aromatic heterocycles. The molecule has 0 aromatic carbocycles. The number of hydrogen-bond donors (Lipinski definition) is 2. The second kappa shape index (κ2) is 9.70. The van der Waals surface area contributed by atoms with E-state index in [2.05, 4.69) is 15.7 Å². The maximum absolute atomic E-state index is 14.0. The van der Waals surface area contributed by atoms with Crippen LogP contribution in [0.15, 0.2) is 0 Å². The van der Waals surface area contributed by atoms with Gasteiger partial charge >= 0.3 is 6.18 Å². The van der Waals surface area contributed by atoms with Gasteiger partial charge in [-0.05, 0) is 50.5 Å². The Morgan fingerprint density at radius 2 is 1.90 bits per heavy atom. The number of halogens is 5. The van der Waals surface area contributed by atoms with Gasteiger partial charge in [-0.3, -0.25) is 4.68 Å². The fourth-order valence-electron chi connectivity index (χ4n) is 4.93. The number of fused-ring (bicyclic) bond motifs is 1. The van der Waals surface area contributed by atoms with Gasteiger partial charge in [0.15, 0.2) is 0 Å². The highest BCUT2D eigenvalue weighted by atomic mass is 19.4. The van der Waals surface area contributed by atoms with E-state index in [9.17, 15) is 22.0 Å². The van der Waals surface area contributed by atoms with E-state index in [4.69, 9.17) is 4.74 Å². The van der Waals surface area contributed by atoms with Crippen molar-refractivity contribution in [1.29, 1.82) is 0 Å². The number of alkyl halides is 5. The van der Waals surface area contributed by atoms with Crippen molar-refractivity contribution in [3.63, 3.8) is 0 Å². The third kappa shape index (κ3) is 6.16. The van der Waals surface area contributed by atoms with E-state index in [-0.39, 0.29) is 30.9 Å². The first-order valence-electron chi connectivity index (χ1n) is 11.0. The van der Waals surface area contributed by atoms with E-state index >= 15 is 0 Å². The van der Waals surface area contributed by atoms with Crippen molar-refractivity contribution >= 4 is 0 Å². The number of aromatic nitrogens is 2. The van der Waals surface area contributed by atoms with Crippen LogP contribution in [0.4, 0.5) is 22.0 Å². The second-order valence-electron chi connectivity index (χ2n) is 9.01. The number of hydrogen-bond acceptors (Lipinski definition) is 4. The minimum atomic E-state index is -4.33. The average Bonchev–Trinajstić information content (AvgIpc) is 3.16. The standard InChI is InChI=1S/C21H33F5N4O/c1-3-19(13-31-14-21(24,25)26)6-4-15(5-7-19)18-16(11-28-9-8-27-2)29-30-12-20(22,23)10-17(18)30/h15,27-28H,3-14H2,1-2H3. The quantitative estimate of drug-likeness (QED) is 0.416. The topological polar surface area (TPSA) is 51.1 Å². The molecule has 0 saturated heterocycles. The summed E-state index contributed by atoms with van der Waals surface area (Å²) >= 11 is 0. The summed E-state index contributed by atoms with van der Waals surface area (Å²) in [5, 5.41) is 10.9. The van der Waals surface area contributed by atoms with Crippen LogP contribution in [-0.4, -0.2) is 55.2 Å². The average molecular weight is 453 g/mol. The molecule has 1 saturated carbocycles. The molecule has 2 N–H and O–H groups in total. The maximum atomic E-state index is 14.0. The first-order chi connectivity index (χ1) is 14.6. The van der Waals surface area contributed by atoms with Crippen LogP contribution < -0.4 is 10.6 Å². The molecular weight excluding hydrogens is 419 g/mol. The van der Waals surface area contributed by atoms with Crippen molar-refractivity contribution in [3.8, 4) is 0 Å². The smallest absolute Gasteiger partial charge is 0.371 e. The van der Waals surface area contributed by atoms with Gasteiger partial charge < -0.3 is 15.4 Å². The second-order valence-corrected chi connectivity index (χ2v) is 9.01. The largest absolute Gasteiger partial charge is 0.411 e. The molecule has 1 aliphatic carbocycles. The molecule has 0 atom stereocenters. The van der Waals surface area contributed by atoms with Crippen LogP contribution in [0.25, 0.3) is 0 Å². The fourth-order valence-corrected chi connectivity index (χ4v) is 4.93. The Morgan fingerprint density at radius 3 is 2.52 bits per heavy atom. The van der Waals surface area contributed by atoms with E-state index in [1.165, 1.54) is 4.68 Å². The highest BCUT2D eigenvalue weighted by Gasteiger charge is 2.44. The lowest BCUT2D eigenvalue weighted by Gasteiger charge is -2.40. The van der Waals surface area contributed by atoms with E-state index in [0.717, 1.165) is 56.5 Å². The highest BCUT2D eigenvalue weighted by molar-refractivity contribution is 5.34. The first-order valence-corrected chi connectivity index (χ1v) is 11.0. The lowest BCUT2D eigenvalue weighted by atomic mass is 9.67. The Hall–Kier alpha value is -1.26. The summed E-state index contributed by atoms with van der Waals surface area (Å²) in [4.78, 5) is 0. The predicted octanol–water partition coefficient (Wildman–Crippen LogP) is 4.02. The minimum absolute atomic E-state index is 0.0817. The van der Waals surface area contributed by atoms with Crippen LogP contribution in [-0.2, 0) is 24.2 Å². The normalized spacial score (nSPS) is 25.7. The molecule has 0 spiro atoms. The molecule has 10 heteroatoms. The van der Waals surface area contributed by atoms with E-state index in [0.29, 0.717) is 12.2 Å². The summed E-state index contributed by atoms with van der Waals surface area (Å²) in [6.07, 6.45) is -0.950. The highest BCUT2D eigenvalue weighted by Crippen LogP contribution is 2.48. The molecule has 2 aliphatic rings. The number of nitrogens with one attached hydrogen (secondary N) is 2. The van der Waals surface area contributed by atoms with Crippen LogP contribution in [0.3, 0.4) is 0 Å². The van der Waals surface area contributed by atoms with E-state index in [1.54, 1.807) is 0 Å². The molecule has 0 amide bonds. The van der Waals surface area contributed by atoms with Gasteiger partial charge in [-0.2, -0.15) is 18.3 Å². The molecular formula is C21H33F5N4O. The third-order valence-corrected chi connectivity index (χ3v) is 6.70. The summed E-state index contributed by atoms with van der Waals surface area (Å²) < 4.78 is 71.9. The van der Waals surface area contributed by atoms with Crippen LogP contribution in [0, 0.1) is 5.41 Å². The number of likely N-dealkylation sites (N-methyl/N-ethyl adjacent to an activating group) is 1. The van der Waals surface area contributed by atoms with Crippen LogP contribution in [0.5, 0.6) is 0 Å². The summed E-state index contributed by atoms with van der Waals surface area (Å²) in [6.45, 7) is 2.50. The zero-order chi connectivity index (χ0) is 22.7. The van der Waals surface area contributed by atoms with Crippen LogP contribution in [0.1, 0.15) is 61.9 Å². The Balaban J connectivity index is 1.69. The number of nitrogens with zero attached hydrogens (tertiary/aromatic N) is 2. The van der Waals surface area contributed by atoms with Crippen molar-refractivity contribution in [1.82, 2.24) is 20.4 Å². The Kier molecular flexibility index (Phi) is 7.63. The molecule has 1 aromatic rings. The SMILES string of the molecule is CCC1(COCC(F)(F)F)CCC(c2c(CNCCNC)nn3c2CC(F)(F)C3)CC1. The molecule has 2 heterocycles. The molecule has 3 rings (SSSR count). The third-order valence-electron chi connectivity index (χ3n) is 6.70. The molecule has 0 radical (unpaired) electrons. The summed E-state index contributed by atoms with van der Waals surface area (Å²) in [6, 6.07) is 0. The van der Waals surface area contributed by atoms with Crippen molar-refractivity contribution in [3.05, 3.63) is 17.0 Å². The van der Waals surface area contributed by atoms with Crippen molar-refractivity contribution in [2.75, 3.05) is 33.4 Å². The summed E-state index contributed by atoms with van der Waals surface area (Å²) in [5.41, 5.74) is 2.09. The van der Waals surface area contributed by atoms with Crippen LogP contribution in [0.2, 0.25) is 0 Å². The number of rotatable bonds is 10. The monoisotopic (exact) mass is 452 g/mol. The Bertz CT molecular complexity index is 726. The van der Waals surface area contributed by atoms with E-state index < -0.39 is 18.7 Å². The Labute approximate surface area is 180 Å². The van der Waals surface area contributed by atoms with Gasteiger partial charge in [-0.1, -0.05) is 6.92 Å². The van der Waals surface area contributed by atoms with Crippen molar-refractivity contribution in [2.24, 2.45) is 5.41 Å². The van der Waals surface area contributed by atoms with Gasteiger partial charge in [-0.15, -0.1) is 0 Å². The lowest BCUT2D eigenvalue weighted by molar-refractivity contribution is -0.182. The first kappa shape index (κ1) is 24.4. The maximum Gasteiger partial charge on any atom is 0.411 e. The van der Waals surface area contributed by atoms with E-state index in [1.807, 2.05) is 14.0 Å². The molecule has 5 nitrogen and oxygen atoms in total. The summed E-state index contributed by atoms with van der Waals surface area (Å²) in [5.74, 6) is -2.68. The molecule has 1 aliphatic heterocycles. The molecule has 31 heavy (non-hydrogen) atoms. The van der Waals surface area contributed by atoms with Gasteiger partial charge in [0, 0.05) is 30.9 Å². The van der Waals surface area contributed by atoms with Gasteiger partial charge in [0.1, 0.15) is 13.2 Å². The van der Waals surface area contributed by atoms with Gasteiger partial charge in [0.2, 0.25) is 0 Å². The predicted molar refractivity (Wildman–Crippen MR) is 107 cm³/mol. The van der Waals surface area contributed by atoms with Crippen molar-refractivity contribution in [2.45, 2.75) is 76.6 Å². The Morgan fingerprint density at radius 1 is 1.19 bits per heavy atom. The van der Waals surface area contributed by atoms with Gasteiger partial charge in [0.05, 0.1) is 18.7 Å². The fraction of sp³-hybridized carbons (Fsp3) is 0.857. The minimum Gasteiger partial charge on any atom is -0.371 e. The zero-order valence-corrected chi connectivity index (χ0v) is 18.3. The zero-order valence-electron chi connectivity index (χ0n) is 18.3. The van der Waals surface area contributed by atoms with Gasteiger partial charge in [0.25, 0.3) is 5.92 Å². The summed E-state index contributed by atoms with van der Waals surface area (Å²) in [7, 11) is 1.86. The molecule has 1 fully saturated rings. The van der Waals surface area contributed by atoms with Crippen molar-refractivity contribution < 1.29 is 26.7 Å². The lowest BCUT2D eigenvalue weighted by Crippen LogP contribution is -2.33.